The summed E-state index contributed by atoms with van der Waals surface area (Å²) in [6.45, 7) is 15.6. The quantitative estimate of drug-likeness (QED) is 0.237. The Balaban J connectivity index is 1.82. The summed E-state index contributed by atoms with van der Waals surface area (Å²) in [6.07, 6.45) is 6.23. The summed E-state index contributed by atoms with van der Waals surface area (Å²) >= 11 is 18.4. The van der Waals surface area contributed by atoms with Gasteiger partial charge in [0.2, 0.25) is 5.91 Å². The van der Waals surface area contributed by atoms with Crippen LogP contribution in [0.2, 0.25) is 15.1 Å². The normalized spacial score (nSPS) is 14.6. The number of rotatable bonds is 13. The van der Waals surface area contributed by atoms with Crippen molar-refractivity contribution >= 4 is 46.4 Å². The van der Waals surface area contributed by atoms with Crippen molar-refractivity contribution in [2.75, 3.05) is 11.9 Å². The van der Waals surface area contributed by atoms with Gasteiger partial charge in [0.25, 0.3) is 0 Å². The average molecular weight is 611 g/mol. The number of amides is 1. The van der Waals surface area contributed by atoms with E-state index in [1.54, 1.807) is 11.2 Å². The van der Waals surface area contributed by atoms with Crippen LogP contribution in [0, 0.1) is 0 Å². The molecule has 1 aliphatic heterocycles. The van der Waals surface area contributed by atoms with Crippen LogP contribution < -0.4 is 15.6 Å². The first-order valence-electron chi connectivity index (χ1n) is 14.0. The monoisotopic (exact) mass is 609 g/mol. The Labute approximate surface area is 254 Å². The molecule has 0 saturated carbocycles. The zero-order valence-corrected chi connectivity index (χ0v) is 26.9. The van der Waals surface area contributed by atoms with Crippen LogP contribution in [0.5, 0.6) is 5.75 Å². The van der Waals surface area contributed by atoms with E-state index >= 15 is 0 Å². The molecule has 0 aliphatic carbocycles. The van der Waals surface area contributed by atoms with Gasteiger partial charge in [0.1, 0.15) is 12.3 Å². The molecule has 3 rings (SSSR count). The Kier molecular flexibility index (Phi) is 11.1. The van der Waals surface area contributed by atoms with Crippen molar-refractivity contribution in [2.45, 2.75) is 97.5 Å². The van der Waals surface area contributed by atoms with Crippen LogP contribution in [-0.2, 0) is 20.5 Å². The highest BCUT2D eigenvalue weighted by atomic mass is 35.5. The summed E-state index contributed by atoms with van der Waals surface area (Å²) < 4.78 is 6.70. The topological polar surface area (TPSA) is 62.8 Å². The third-order valence-electron chi connectivity index (χ3n) is 7.81. The third kappa shape index (κ3) is 8.00. The minimum atomic E-state index is -0.327. The lowest BCUT2D eigenvalue weighted by Gasteiger charge is -2.31. The molecule has 1 amide bonds. The molecule has 0 saturated heterocycles. The summed E-state index contributed by atoms with van der Waals surface area (Å²) in [7, 11) is 0. The predicted molar refractivity (Wildman–Crippen MR) is 166 cm³/mol. The molecule has 1 heterocycles. The van der Waals surface area contributed by atoms with Gasteiger partial charge in [-0.25, -0.2) is 0 Å². The van der Waals surface area contributed by atoms with Crippen molar-refractivity contribution < 1.29 is 14.4 Å². The van der Waals surface area contributed by atoms with Crippen LogP contribution in [-0.4, -0.2) is 23.6 Å². The number of benzene rings is 2. The molecule has 2 aromatic rings. The van der Waals surface area contributed by atoms with E-state index in [1.807, 2.05) is 0 Å². The minimum Gasteiger partial charge on any atom is -0.482 e. The molecule has 2 N–H and O–H groups in total. The smallest absolute Gasteiger partial charge is 0.245 e. The fourth-order valence-corrected chi connectivity index (χ4v) is 5.23. The number of hydrogen-bond donors (Lipinski definition) is 2. The van der Waals surface area contributed by atoms with Crippen LogP contribution in [0.3, 0.4) is 0 Å². The molecule has 1 aliphatic rings. The fourth-order valence-electron chi connectivity index (χ4n) is 4.32. The van der Waals surface area contributed by atoms with Crippen LogP contribution in [0.25, 0.3) is 0 Å². The van der Waals surface area contributed by atoms with Crippen molar-refractivity contribution in [3.63, 3.8) is 0 Å². The van der Waals surface area contributed by atoms with E-state index in [0.717, 1.165) is 37.9 Å². The highest BCUT2D eigenvalue weighted by molar-refractivity contribution is 6.42. The zero-order chi connectivity index (χ0) is 29.7. The molecule has 6 nitrogen and oxygen atoms in total. The van der Waals surface area contributed by atoms with Gasteiger partial charge in [-0.1, -0.05) is 107 Å². The molecule has 1 atom stereocenters. The molecule has 0 aromatic heterocycles. The van der Waals surface area contributed by atoms with Gasteiger partial charge in [-0.15, -0.1) is 0 Å². The summed E-state index contributed by atoms with van der Waals surface area (Å²) in [5, 5.41) is 5.23. The summed E-state index contributed by atoms with van der Waals surface area (Å²) in [6, 6.07) is 9.65. The number of hydrazine groups is 1. The maximum Gasteiger partial charge on any atom is 0.245 e. The van der Waals surface area contributed by atoms with Crippen LogP contribution in [0.15, 0.2) is 42.3 Å². The second kappa shape index (κ2) is 13.7. The van der Waals surface area contributed by atoms with Gasteiger partial charge >= 0.3 is 0 Å². The number of ether oxygens (including phenoxy) is 1. The van der Waals surface area contributed by atoms with Crippen molar-refractivity contribution in [1.29, 1.82) is 0 Å². The van der Waals surface area contributed by atoms with E-state index < -0.39 is 0 Å². The Morgan fingerprint density at radius 1 is 1.02 bits per heavy atom. The molecule has 0 bridgehead atoms. The van der Waals surface area contributed by atoms with Gasteiger partial charge in [0.05, 0.1) is 21.9 Å². The summed E-state index contributed by atoms with van der Waals surface area (Å²) in [5.74, 6) is 1.14. The SMILES string of the molecule is CCCCC(Oc1ccc(C(C)(C)CC)cc1C(C)(C)CC)C1=CN(CC(=O)Nc2c(Cl)cc(Cl)cc2Cl)NO1. The van der Waals surface area contributed by atoms with Gasteiger partial charge in [0.15, 0.2) is 11.9 Å². The van der Waals surface area contributed by atoms with Gasteiger partial charge in [-0.3, -0.25) is 9.80 Å². The molecule has 1 unspecified atom stereocenters. The van der Waals surface area contributed by atoms with E-state index in [9.17, 15) is 4.79 Å². The molecular weight excluding hydrogens is 569 g/mol. The van der Waals surface area contributed by atoms with E-state index in [-0.39, 0.29) is 39.4 Å². The van der Waals surface area contributed by atoms with E-state index in [2.05, 4.69) is 77.6 Å². The fraction of sp³-hybridized carbons (Fsp3) is 0.516. The van der Waals surface area contributed by atoms with Crippen LogP contribution in [0.4, 0.5) is 5.69 Å². The van der Waals surface area contributed by atoms with Gasteiger partial charge in [-0.2, -0.15) is 0 Å². The molecule has 0 spiro atoms. The van der Waals surface area contributed by atoms with Gasteiger partial charge in [-0.05, 0) is 60.3 Å². The minimum absolute atomic E-state index is 0.0335. The molecule has 0 fully saturated rings. The number of anilines is 1. The Bertz CT molecular complexity index is 1210. The lowest BCUT2D eigenvalue weighted by atomic mass is 9.76. The molecular formula is C31H42Cl3N3O3. The number of carbonyl (C=O) groups excluding carboxylic acids is 1. The maximum atomic E-state index is 12.8. The Hall–Kier alpha value is -2.12. The van der Waals surface area contributed by atoms with Crippen molar-refractivity contribution in [3.8, 4) is 5.75 Å². The van der Waals surface area contributed by atoms with Crippen molar-refractivity contribution in [3.05, 3.63) is 68.5 Å². The summed E-state index contributed by atoms with van der Waals surface area (Å²) in [5.41, 5.74) is 5.62. The number of carbonyl (C=O) groups is 1. The second-order valence-corrected chi connectivity index (χ2v) is 12.8. The Morgan fingerprint density at radius 2 is 1.68 bits per heavy atom. The molecule has 0 radical (unpaired) electrons. The Morgan fingerprint density at radius 3 is 2.27 bits per heavy atom. The van der Waals surface area contributed by atoms with Crippen LogP contribution in [0.1, 0.15) is 91.7 Å². The lowest BCUT2D eigenvalue weighted by Crippen LogP contribution is -2.35. The van der Waals surface area contributed by atoms with E-state index in [4.69, 9.17) is 44.4 Å². The maximum absolute atomic E-state index is 12.8. The second-order valence-electron chi connectivity index (χ2n) is 11.6. The summed E-state index contributed by atoms with van der Waals surface area (Å²) in [4.78, 5) is 18.6. The largest absolute Gasteiger partial charge is 0.482 e. The van der Waals surface area contributed by atoms with Gasteiger partial charge in [0, 0.05) is 10.6 Å². The first-order valence-corrected chi connectivity index (χ1v) is 15.1. The predicted octanol–water partition coefficient (Wildman–Crippen LogP) is 9.19. The first-order chi connectivity index (χ1) is 18.8. The van der Waals surface area contributed by atoms with E-state index in [0.29, 0.717) is 16.5 Å². The van der Waals surface area contributed by atoms with Crippen molar-refractivity contribution in [2.24, 2.45) is 0 Å². The number of hydrogen-bond acceptors (Lipinski definition) is 5. The molecule has 40 heavy (non-hydrogen) atoms. The van der Waals surface area contributed by atoms with Crippen LogP contribution >= 0.6 is 34.8 Å². The number of unbranched alkanes of at least 4 members (excludes halogenated alkanes) is 1. The lowest BCUT2D eigenvalue weighted by molar-refractivity contribution is -0.119. The molecule has 220 valence electrons. The average Bonchev–Trinajstić information content (AvgIpc) is 3.36. The number of halogens is 3. The highest BCUT2D eigenvalue weighted by Gasteiger charge is 2.30. The third-order valence-corrected chi connectivity index (χ3v) is 8.63. The number of nitrogens with one attached hydrogen (secondary N) is 2. The standard InChI is InChI=1S/C31H42Cl3N3O3/c1-8-11-12-26(39-25-14-13-20(30(4,5)9-2)15-22(25)31(6,7)10-3)27-18-37(36-40-27)19-28(38)35-29-23(33)16-21(32)17-24(29)34/h13-18,26,36H,8-12,19H2,1-7H3,(H,35,38). The van der Waals surface area contributed by atoms with Crippen molar-refractivity contribution in [1.82, 2.24) is 10.6 Å². The van der Waals surface area contributed by atoms with Gasteiger partial charge < -0.3 is 14.9 Å². The zero-order valence-electron chi connectivity index (χ0n) is 24.6. The molecule has 9 heteroatoms. The highest BCUT2D eigenvalue weighted by Crippen LogP contribution is 2.40. The number of nitrogens with zero attached hydrogens (tertiary/aromatic N) is 1. The first kappa shape index (κ1) is 32.4. The van der Waals surface area contributed by atoms with E-state index in [1.165, 1.54) is 23.3 Å². The molecule has 2 aromatic carbocycles.